The molecule has 4 rings (SSSR count). The Hall–Kier alpha value is -4.00. The van der Waals surface area contributed by atoms with Gasteiger partial charge in [0, 0.05) is 29.1 Å². The van der Waals surface area contributed by atoms with E-state index in [0.717, 1.165) is 22.0 Å². The van der Waals surface area contributed by atoms with E-state index in [1.807, 2.05) is 67.7 Å². The molecule has 0 fully saturated rings. The van der Waals surface area contributed by atoms with Gasteiger partial charge in [-0.3, -0.25) is 9.69 Å². The van der Waals surface area contributed by atoms with Crippen LogP contribution in [-0.4, -0.2) is 32.5 Å². The third kappa shape index (κ3) is 4.62. The maximum absolute atomic E-state index is 13.7. The fraction of sp³-hybridized carbons (Fsp3) is 0.231. The molecule has 2 aromatic carbocycles. The van der Waals surface area contributed by atoms with Gasteiger partial charge in [-0.25, -0.2) is 4.79 Å². The van der Waals surface area contributed by atoms with Gasteiger partial charge in [0.1, 0.15) is 5.54 Å². The van der Waals surface area contributed by atoms with Crippen molar-refractivity contribution < 1.29 is 19.1 Å². The number of rotatable bonds is 8. The van der Waals surface area contributed by atoms with E-state index in [1.165, 1.54) is 17.4 Å². The van der Waals surface area contributed by atoms with Crippen LogP contribution in [0.15, 0.2) is 83.8 Å². The minimum atomic E-state index is -1.38. The van der Waals surface area contributed by atoms with Crippen LogP contribution in [-0.2, 0) is 17.8 Å². The number of aromatic amines is 1. The second-order valence-electron chi connectivity index (χ2n) is 8.42. The largest absolute Gasteiger partial charge is 0.472 e. The molecule has 0 radical (unpaired) electrons. The second-order valence-corrected chi connectivity index (χ2v) is 8.42. The number of benzene rings is 2. The molecule has 2 aromatic heterocycles. The van der Waals surface area contributed by atoms with E-state index >= 15 is 0 Å². The van der Waals surface area contributed by atoms with Gasteiger partial charge in [-0.2, -0.15) is 0 Å². The highest BCUT2D eigenvalue weighted by molar-refractivity contribution is 5.91. The molecule has 170 valence electrons. The molecule has 0 aliphatic rings. The summed E-state index contributed by atoms with van der Waals surface area (Å²) in [6, 6.07) is 18.8. The Kier molecular flexibility index (Phi) is 6.22. The van der Waals surface area contributed by atoms with E-state index < -0.39 is 11.6 Å². The highest BCUT2D eigenvalue weighted by Gasteiger charge is 2.43. The lowest BCUT2D eigenvalue weighted by atomic mass is 9.88. The van der Waals surface area contributed by atoms with Gasteiger partial charge in [0.25, 0.3) is 0 Å². The van der Waals surface area contributed by atoms with Crippen molar-refractivity contribution in [1.82, 2.24) is 15.2 Å². The zero-order chi connectivity index (χ0) is 23.4. The fourth-order valence-electron chi connectivity index (χ4n) is 4.14. The number of hydrogen-bond donors (Lipinski definition) is 3. The number of para-hydroxylation sites is 1. The van der Waals surface area contributed by atoms with Crippen LogP contribution in [0.3, 0.4) is 0 Å². The quantitative estimate of drug-likeness (QED) is 0.351. The summed E-state index contributed by atoms with van der Waals surface area (Å²) in [5.74, 6) is -0.366. The molecule has 0 unspecified atom stereocenters. The third-order valence-electron chi connectivity index (χ3n) is 6.09. The first-order valence-corrected chi connectivity index (χ1v) is 10.8. The zero-order valence-corrected chi connectivity index (χ0v) is 18.6. The standard InChI is InChI=1S/C26H27N3O4/c1-18(20-8-4-3-5-9-20)28-24(30)26(2,29(25(31)32)16-19-12-13-33-17-19)14-21-15-27-23-11-7-6-10-22(21)23/h3-13,15,17-18,27H,14,16H2,1-2H3,(H,28,30)(H,31,32)/t18-,26+/m0/s1. The molecule has 0 bridgehead atoms. The van der Waals surface area contributed by atoms with Crippen molar-refractivity contribution in [3.8, 4) is 0 Å². The number of carboxylic acid groups (broad SMARTS) is 1. The summed E-state index contributed by atoms with van der Waals surface area (Å²) in [4.78, 5) is 30.6. The van der Waals surface area contributed by atoms with Crippen LogP contribution in [0.1, 0.15) is 36.6 Å². The highest BCUT2D eigenvalue weighted by Crippen LogP contribution is 2.29. The van der Waals surface area contributed by atoms with Gasteiger partial charge in [0.05, 0.1) is 25.1 Å². The second kappa shape index (κ2) is 9.24. The number of nitrogens with one attached hydrogen (secondary N) is 2. The van der Waals surface area contributed by atoms with E-state index in [1.54, 1.807) is 13.0 Å². The number of hydrogen-bond acceptors (Lipinski definition) is 3. The molecule has 0 saturated heterocycles. The molecule has 3 N–H and O–H groups in total. The summed E-state index contributed by atoms with van der Waals surface area (Å²) in [6.45, 7) is 3.59. The monoisotopic (exact) mass is 445 g/mol. The summed E-state index contributed by atoms with van der Waals surface area (Å²) in [5.41, 5.74) is 2.04. The fourth-order valence-corrected chi connectivity index (χ4v) is 4.14. The van der Waals surface area contributed by atoms with Crippen LogP contribution in [0.4, 0.5) is 4.79 Å². The smallest absolute Gasteiger partial charge is 0.408 e. The maximum atomic E-state index is 13.7. The topological polar surface area (TPSA) is 98.6 Å². The SMILES string of the molecule is C[C@H](NC(=O)[C@@](C)(Cc1c[nH]c2ccccc12)N(Cc1ccoc1)C(=O)O)c1ccccc1. The molecule has 4 aromatic rings. The van der Waals surface area contributed by atoms with Crippen molar-refractivity contribution in [2.45, 2.75) is 38.4 Å². The first-order chi connectivity index (χ1) is 15.9. The van der Waals surface area contributed by atoms with Crippen LogP contribution in [0.2, 0.25) is 0 Å². The molecule has 33 heavy (non-hydrogen) atoms. The summed E-state index contributed by atoms with van der Waals surface area (Å²) in [7, 11) is 0. The van der Waals surface area contributed by atoms with Gasteiger partial charge in [-0.05, 0) is 37.1 Å². The lowest BCUT2D eigenvalue weighted by molar-refractivity contribution is -0.132. The third-order valence-corrected chi connectivity index (χ3v) is 6.09. The Balaban J connectivity index is 1.71. The molecular weight excluding hydrogens is 418 g/mol. The summed E-state index contributed by atoms with van der Waals surface area (Å²) in [6.07, 6.45) is 3.85. The zero-order valence-electron chi connectivity index (χ0n) is 18.6. The Bertz CT molecular complexity index is 1230. The lowest BCUT2D eigenvalue weighted by Gasteiger charge is -2.39. The lowest BCUT2D eigenvalue weighted by Crippen LogP contribution is -2.59. The van der Waals surface area contributed by atoms with E-state index in [9.17, 15) is 14.7 Å². The van der Waals surface area contributed by atoms with E-state index in [-0.39, 0.29) is 24.9 Å². The number of nitrogens with zero attached hydrogens (tertiary/aromatic N) is 1. The Labute approximate surface area is 192 Å². The van der Waals surface area contributed by atoms with Gasteiger partial charge in [-0.1, -0.05) is 48.5 Å². The van der Waals surface area contributed by atoms with Crippen molar-refractivity contribution in [2.75, 3.05) is 0 Å². The van der Waals surface area contributed by atoms with Gasteiger partial charge in [-0.15, -0.1) is 0 Å². The molecule has 2 heterocycles. The number of furan rings is 1. The van der Waals surface area contributed by atoms with Gasteiger partial charge >= 0.3 is 6.09 Å². The Morgan fingerprint density at radius 2 is 1.85 bits per heavy atom. The van der Waals surface area contributed by atoms with E-state index in [4.69, 9.17) is 4.42 Å². The minimum absolute atomic E-state index is 0.0256. The van der Waals surface area contributed by atoms with Gasteiger partial charge in [0.2, 0.25) is 5.91 Å². The predicted octanol–water partition coefficient (Wildman–Crippen LogP) is 5.12. The molecule has 2 atom stereocenters. The number of carbonyl (C=O) groups excluding carboxylic acids is 1. The van der Waals surface area contributed by atoms with Crippen LogP contribution in [0.5, 0.6) is 0 Å². The highest BCUT2D eigenvalue weighted by atomic mass is 16.4. The van der Waals surface area contributed by atoms with Gasteiger partial charge < -0.3 is 19.8 Å². The Morgan fingerprint density at radius 3 is 2.55 bits per heavy atom. The van der Waals surface area contributed by atoms with Crippen molar-refractivity contribution in [2.24, 2.45) is 0 Å². The van der Waals surface area contributed by atoms with Crippen molar-refractivity contribution >= 4 is 22.9 Å². The first-order valence-electron chi connectivity index (χ1n) is 10.8. The van der Waals surface area contributed by atoms with E-state index in [2.05, 4.69) is 10.3 Å². The number of fused-ring (bicyclic) bond motifs is 1. The van der Waals surface area contributed by atoms with Crippen LogP contribution < -0.4 is 5.32 Å². The normalized spacial score (nSPS) is 13.9. The van der Waals surface area contributed by atoms with Gasteiger partial charge in [0.15, 0.2) is 0 Å². The number of carbonyl (C=O) groups is 2. The number of H-pyrrole nitrogens is 1. The molecule has 7 nitrogen and oxygen atoms in total. The maximum Gasteiger partial charge on any atom is 0.408 e. The minimum Gasteiger partial charge on any atom is -0.472 e. The predicted molar refractivity (Wildman–Crippen MR) is 126 cm³/mol. The Morgan fingerprint density at radius 1 is 1.12 bits per heavy atom. The van der Waals surface area contributed by atoms with Crippen molar-refractivity contribution in [1.29, 1.82) is 0 Å². The molecular formula is C26H27N3O4. The average Bonchev–Trinajstić information content (AvgIpc) is 3.48. The van der Waals surface area contributed by atoms with Crippen molar-refractivity contribution in [3.05, 3.63) is 96.1 Å². The molecule has 0 aliphatic heterocycles. The number of aromatic nitrogens is 1. The van der Waals surface area contributed by atoms with E-state index in [0.29, 0.717) is 5.56 Å². The molecule has 2 amide bonds. The molecule has 0 spiro atoms. The van der Waals surface area contributed by atoms with Crippen LogP contribution >= 0.6 is 0 Å². The number of amides is 2. The molecule has 0 aliphatic carbocycles. The van der Waals surface area contributed by atoms with Crippen molar-refractivity contribution in [3.63, 3.8) is 0 Å². The summed E-state index contributed by atoms with van der Waals surface area (Å²) >= 11 is 0. The summed E-state index contributed by atoms with van der Waals surface area (Å²) in [5, 5.41) is 14.2. The molecule has 7 heteroatoms. The first kappa shape index (κ1) is 22.2. The average molecular weight is 446 g/mol. The van der Waals surface area contributed by atoms with Crippen LogP contribution in [0.25, 0.3) is 10.9 Å². The molecule has 0 saturated carbocycles. The summed E-state index contributed by atoms with van der Waals surface area (Å²) < 4.78 is 5.13. The van der Waals surface area contributed by atoms with Crippen LogP contribution in [0, 0.1) is 0 Å².